The Balaban J connectivity index is 2.51. The third kappa shape index (κ3) is 0.933. The highest BCUT2D eigenvalue weighted by Gasteiger charge is 1.98. The Kier molecular flexibility index (Phi) is 1.32. The van der Waals surface area contributed by atoms with E-state index < -0.39 is 0 Å². The largest absolute Gasteiger partial charge is 0.448 e. The highest BCUT2D eigenvalue weighted by molar-refractivity contribution is 6.25. The second-order valence-corrected chi connectivity index (χ2v) is 1.36. The molecule has 1 aliphatic heterocycles. The molecule has 3 heteroatoms. The van der Waals surface area contributed by atoms with Crippen LogP contribution in [0.5, 0.6) is 0 Å². The minimum atomic E-state index is 0.587. The summed E-state index contributed by atoms with van der Waals surface area (Å²) in [5, 5.41) is 0. The fraction of sp³-hybridized carbons (Fsp3) is 0.250. The van der Waals surface area contributed by atoms with Crippen molar-refractivity contribution in [3.8, 4) is 0 Å². The van der Waals surface area contributed by atoms with Crippen molar-refractivity contribution in [2.24, 2.45) is 4.99 Å². The van der Waals surface area contributed by atoms with Crippen LogP contribution in [0, 0.1) is 0 Å². The van der Waals surface area contributed by atoms with Crippen molar-refractivity contribution in [2.45, 2.75) is 0 Å². The van der Waals surface area contributed by atoms with Gasteiger partial charge in [0, 0.05) is 5.54 Å². The molecular formula is C4H4ClNO. The minimum Gasteiger partial charge on any atom is -0.448 e. The number of nitrogens with zero attached hydrogens (tertiary/aromatic N) is 1. The zero-order valence-electron chi connectivity index (χ0n) is 3.60. The SMILES string of the molecule is Cl/C=C1/CN=CO1. The van der Waals surface area contributed by atoms with E-state index in [2.05, 4.69) is 4.99 Å². The number of halogens is 1. The van der Waals surface area contributed by atoms with Gasteiger partial charge in [0.05, 0.1) is 0 Å². The van der Waals surface area contributed by atoms with Gasteiger partial charge in [-0.15, -0.1) is 0 Å². The molecule has 0 aliphatic carbocycles. The normalized spacial score (nSPS) is 23.3. The second-order valence-electron chi connectivity index (χ2n) is 1.14. The Hall–Kier alpha value is -0.500. The molecule has 0 spiro atoms. The van der Waals surface area contributed by atoms with Crippen LogP contribution >= 0.6 is 11.6 Å². The predicted molar refractivity (Wildman–Crippen MR) is 28.4 cm³/mol. The smallest absolute Gasteiger partial charge is 0.176 e. The van der Waals surface area contributed by atoms with Gasteiger partial charge < -0.3 is 4.74 Å². The van der Waals surface area contributed by atoms with Gasteiger partial charge in [-0.25, -0.2) is 0 Å². The third-order valence-corrected chi connectivity index (χ3v) is 0.891. The Labute approximate surface area is 46.5 Å². The van der Waals surface area contributed by atoms with Crippen LogP contribution in [0.3, 0.4) is 0 Å². The molecule has 1 heterocycles. The molecule has 0 aromatic rings. The molecule has 0 saturated heterocycles. The number of ether oxygens (including phenoxy) is 1. The van der Waals surface area contributed by atoms with Crippen LogP contribution in [0.15, 0.2) is 16.3 Å². The van der Waals surface area contributed by atoms with Crippen molar-refractivity contribution in [1.29, 1.82) is 0 Å². The van der Waals surface area contributed by atoms with E-state index >= 15 is 0 Å². The van der Waals surface area contributed by atoms with E-state index in [4.69, 9.17) is 16.3 Å². The molecule has 0 bridgehead atoms. The first-order valence-corrected chi connectivity index (χ1v) is 2.31. The number of hydrogen-bond donors (Lipinski definition) is 0. The van der Waals surface area contributed by atoms with Crippen LogP contribution in [0.25, 0.3) is 0 Å². The van der Waals surface area contributed by atoms with Gasteiger partial charge in [-0.05, 0) is 0 Å². The van der Waals surface area contributed by atoms with Crippen LogP contribution in [-0.4, -0.2) is 12.9 Å². The summed E-state index contributed by atoms with van der Waals surface area (Å²) in [6, 6.07) is 0. The average molecular weight is 118 g/mol. The van der Waals surface area contributed by atoms with Crippen LogP contribution < -0.4 is 0 Å². The Morgan fingerprint density at radius 3 is 3.14 bits per heavy atom. The lowest BCUT2D eigenvalue weighted by molar-refractivity contribution is 0.457. The van der Waals surface area contributed by atoms with Crippen molar-refractivity contribution in [1.82, 2.24) is 0 Å². The van der Waals surface area contributed by atoms with E-state index in [0.717, 1.165) is 0 Å². The fourth-order valence-corrected chi connectivity index (χ4v) is 0.450. The first-order chi connectivity index (χ1) is 3.43. The summed E-state index contributed by atoms with van der Waals surface area (Å²) in [7, 11) is 0. The van der Waals surface area contributed by atoms with Gasteiger partial charge in [-0.1, -0.05) is 11.6 Å². The van der Waals surface area contributed by atoms with Gasteiger partial charge in [0.15, 0.2) is 6.40 Å². The van der Waals surface area contributed by atoms with Crippen LogP contribution in [0.1, 0.15) is 0 Å². The zero-order valence-corrected chi connectivity index (χ0v) is 4.35. The van der Waals surface area contributed by atoms with Crippen LogP contribution in [0.4, 0.5) is 0 Å². The van der Waals surface area contributed by atoms with Gasteiger partial charge in [-0.3, -0.25) is 4.99 Å². The van der Waals surface area contributed by atoms with Gasteiger partial charge in [0.25, 0.3) is 0 Å². The lowest BCUT2D eigenvalue weighted by Crippen LogP contribution is -1.79. The first kappa shape index (κ1) is 4.65. The maximum atomic E-state index is 5.24. The monoisotopic (exact) mass is 117 g/mol. The van der Waals surface area contributed by atoms with E-state index in [1.165, 1.54) is 11.9 Å². The minimum absolute atomic E-state index is 0.587. The lowest BCUT2D eigenvalue weighted by Gasteiger charge is -1.86. The van der Waals surface area contributed by atoms with Crippen molar-refractivity contribution >= 4 is 18.0 Å². The highest BCUT2D eigenvalue weighted by Crippen LogP contribution is 2.02. The fourth-order valence-electron chi connectivity index (χ4n) is 0.330. The molecule has 0 radical (unpaired) electrons. The van der Waals surface area contributed by atoms with E-state index in [9.17, 15) is 0 Å². The lowest BCUT2D eigenvalue weighted by atomic mass is 10.6. The van der Waals surface area contributed by atoms with Crippen molar-refractivity contribution in [2.75, 3.05) is 6.54 Å². The first-order valence-electron chi connectivity index (χ1n) is 1.87. The molecule has 0 amide bonds. The topological polar surface area (TPSA) is 21.6 Å². The highest BCUT2D eigenvalue weighted by atomic mass is 35.5. The molecule has 0 atom stereocenters. The molecule has 1 rings (SSSR count). The van der Waals surface area contributed by atoms with Crippen LogP contribution in [0.2, 0.25) is 0 Å². The summed E-state index contributed by atoms with van der Waals surface area (Å²) in [6.07, 6.45) is 1.38. The van der Waals surface area contributed by atoms with Gasteiger partial charge in [-0.2, -0.15) is 0 Å². The maximum Gasteiger partial charge on any atom is 0.176 e. The number of rotatable bonds is 0. The Morgan fingerprint density at radius 2 is 2.86 bits per heavy atom. The van der Waals surface area contributed by atoms with E-state index in [1.54, 1.807) is 0 Å². The summed E-state index contributed by atoms with van der Waals surface area (Å²) in [6.45, 7) is 0.587. The summed E-state index contributed by atoms with van der Waals surface area (Å²) in [4.78, 5) is 3.74. The van der Waals surface area contributed by atoms with Crippen molar-refractivity contribution in [3.63, 3.8) is 0 Å². The number of aliphatic imine (C=N–C) groups is 1. The molecule has 2 nitrogen and oxygen atoms in total. The van der Waals surface area contributed by atoms with Gasteiger partial charge in [0.1, 0.15) is 12.3 Å². The molecule has 0 fully saturated rings. The molecule has 0 aromatic carbocycles. The summed E-state index contributed by atoms with van der Waals surface area (Å²) >= 11 is 5.24. The molecule has 38 valence electrons. The molecule has 7 heavy (non-hydrogen) atoms. The average Bonchev–Trinajstić information content (AvgIpc) is 2.14. The van der Waals surface area contributed by atoms with E-state index in [0.29, 0.717) is 12.3 Å². The summed E-state index contributed by atoms with van der Waals surface area (Å²) in [5.41, 5.74) is 1.38. The van der Waals surface area contributed by atoms with Crippen molar-refractivity contribution < 1.29 is 4.74 Å². The number of hydrogen-bond acceptors (Lipinski definition) is 2. The van der Waals surface area contributed by atoms with Gasteiger partial charge in [0.2, 0.25) is 0 Å². The standard InChI is InChI=1S/C4H4ClNO/c5-1-4-2-6-3-7-4/h1,3H,2H2/b4-1-. The van der Waals surface area contributed by atoms with Crippen LogP contribution in [-0.2, 0) is 4.74 Å². The van der Waals surface area contributed by atoms with Crippen molar-refractivity contribution in [3.05, 3.63) is 11.3 Å². The molecule has 1 aliphatic rings. The third-order valence-electron chi connectivity index (χ3n) is 0.647. The Bertz CT molecular complexity index is 109. The maximum absolute atomic E-state index is 5.24. The summed E-state index contributed by atoms with van der Waals surface area (Å²) < 4.78 is 4.74. The summed E-state index contributed by atoms with van der Waals surface area (Å²) in [5.74, 6) is 0.710. The zero-order chi connectivity index (χ0) is 5.11. The Morgan fingerprint density at radius 1 is 2.00 bits per heavy atom. The molecule has 0 unspecified atom stereocenters. The molecule has 0 saturated carbocycles. The molecule has 0 N–H and O–H groups in total. The molecule has 0 aromatic heterocycles. The second kappa shape index (κ2) is 1.98. The van der Waals surface area contributed by atoms with E-state index in [1.807, 2.05) is 0 Å². The molecular weight excluding hydrogens is 114 g/mol. The van der Waals surface area contributed by atoms with E-state index in [-0.39, 0.29) is 0 Å². The predicted octanol–water partition coefficient (Wildman–Crippen LogP) is 1.13. The quantitative estimate of drug-likeness (QED) is 0.466. The van der Waals surface area contributed by atoms with Gasteiger partial charge >= 0.3 is 0 Å².